The molecule has 0 aromatic rings. The van der Waals surface area contributed by atoms with E-state index in [1.54, 1.807) is 0 Å². The third kappa shape index (κ3) is 12.1. The third-order valence-electron chi connectivity index (χ3n) is 0.848. The Labute approximate surface area is 80.2 Å². The summed E-state index contributed by atoms with van der Waals surface area (Å²) in [4.78, 5) is 5.01. The summed E-state index contributed by atoms with van der Waals surface area (Å²) in [5.41, 5.74) is -2.04. The molecule has 0 radical (unpaired) electrons. The molecule has 6 heteroatoms. The van der Waals surface area contributed by atoms with Gasteiger partial charge in [-0.05, 0) is 32.5 Å². The van der Waals surface area contributed by atoms with Gasteiger partial charge in [0.15, 0.2) is 0 Å². The molecule has 13 heavy (non-hydrogen) atoms. The van der Waals surface area contributed by atoms with Gasteiger partial charge in [-0.3, -0.25) is 4.84 Å². The zero-order valence-electron chi connectivity index (χ0n) is 7.86. The van der Waals surface area contributed by atoms with E-state index in [2.05, 4.69) is 5.48 Å². The maximum Gasteiger partial charge on any atom is 0.441 e. The van der Waals surface area contributed by atoms with Crippen LogP contribution in [0, 0.1) is 0 Å². The van der Waals surface area contributed by atoms with E-state index in [0.29, 0.717) is 0 Å². The predicted molar refractivity (Wildman–Crippen MR) is 47.4 cm³/mol. The van der Waals surface area contributed by atoms with E-state index in [0.717, 1.165) is 0 Å². The van der Waals surface area contributed by atoms with Crippen molar-refractivity contribution >= 4 is 11.8 Å². The minimum atomic E-state index is -4.15. The van der Waals surface area contributed by atoms with Crippen molar-refractivity contribution in [2.24, 2.45) is 0 Å². The van der Waals surface area contributed by atoms with Crippen LogP contribution in [0.25, 0.3) is 0 Å². The first-order chi connectivity index (χ1) is 5.71. The molecule has 0 spiro atoms. The first kappa shape index (κ1) is 13.1. The van der Waals surface area contributed by atoms with E-state index in [9.17, 15) is 13.2 Å². The normalized spacial score (nSPS) is 13.4. The lowest BCUT2D eigenvalue weighted by atomic mass is 10.2. The molecule has 0 atom stereocenters. The molecule has 0 heterocycles. The van der Waals surface area contributed by atoms with E-state index in [4.69, 9.17) is 4.84 Å². The minimum Gasteiger partial charge on any atom is -0.296 e. The Bertz CT molecular complexity index is 128. The average Bonchev–Trinajstić information content (AvgIpc) is 1.81. The lowest BCUT2D eigenvalue weighted by Crippen LogP contribution is -2.30. The summed E-state index contributed by atoms with van der Waals surface area (Å²) in [5.74, 6) is -0.0421. The van der Waals surface area contributed by atoms with Gasteiger partial charge in [-0.15, -0.1) is 0 Å². The van der Waals surface area contributed by atoms with Crippen molar-refractivity contribution in [2.75, 3.05) is 12.3 Å². The highest BCUT2D eigenvalue weighted by atomic mass is 32.2. The summed E-state index contributed by atoms with van der Waals surface area (Å²) >= 11 is -0.0584. The number of halogens is 3. The maximum absolute atomic E-state index is 11.6. The number of thioether (sulfide) groups is 1. The summed E-state index contributed by atoms with van der Waals surface area (Å²) in [7, 11) is 0. The summed E-state index contributed by atoms with van der Waals surface area (Å²) < 4.78 is 34.8. The molecule has 0 aliphatic heterocycles. The molecule has 0 aromatic heterocycles. The van der Waals surface area contributed by atoms with Crippen LogP contribution in [-0.4, -0.2) is 23.4 Å². The van der Waals surface area contributed by atoms with Crippen molar-refractivity contribution in [1.82, 2.24) is 5.48 Å². The van der Waals surface area contributed by atoms with Gasteiger partial charge < -0.3 is 0 Å². The molecule has 0 amide bonds. The lowest BCUT2D eigenvalue weighted by Gasteiger charge is -2.19. The van der Waals surface area contributed by atoms with E-state index in [1.807, 2.05) is 20.8 Å². The molecular formula is C7H14F3NOS. The Morgan fingerprint density at radius 1 is 1.23 bits per heavy atom. The molecule has 0 aliphatic carbocycles. The molecule has 2 nitrogen and oxygen atoms in total. The van der Waals surface area contributed by atoms with Crippen molar-refractivity contribution in [3.8, 4) is 0 Å². The Morgan fingerprint density at radius 3 is 2.15 bits per heavy atom. The fourth-order valence-corrected chi connectivity index (χ4v) is 0.893. The first-order valence-electron chi connectivity index (χ1n) is 3.82. The van der Waals surface area contributed by atoms with Gasteiger partial charge in [-0.2, -0.15) is 13.2 Å². The van der Waals surface area contributed by atoms with Gasteiger partial charge in [-0.1, -0.05) is 0 Å². The van der Waals surface area contributed by atoms with Crippen molar-refractivity contribution < 1.29 is 18.0 Å². The van der Waals surface area contributed by atoms with Crippen LogP contribution in [0.3, 0.4) is 0 Å². The highest BCUT2D eigenvalue weighted by Gasteiger charge is 2.27. The summed E-state index contributed by atoms with van der Waals surface area (Å²) in [6, 6.07) is 0. The van der Waals surface area contributed by atoms with Crippen molar-refractivity contribution in [3.05, 3.63) is 0 Å². The molecule has 0 aliphatic rings. The summed E-state index contributed by atoms with van der Waals surface area (Å²) in [5, 5.41) is 0. The van der Waals surface area contributed by atoms with Gasteiger partial charge in [0.2, 0.25) is 0 Å². The zero-order valence-corrected chi connectivity index (χ0v) is 8.68. The molecular weight excluding hydrogens is 203 g/mol. The number of hydroxylamine groups is 1. The van der Waals surface area contributed by atoms with Crippen LogP contribution in [0.1, 0.15) is 20.8 Å². The predicted octanol–water partition coefficient (Wildman–Crippen LogP) is 2.56. The van der Waals surface area contributed by atoms with Gasteiger partial charge in [0.25, 0.3) is 0 Å². The second kappa shape index (κ2) is 5.07. The van der Waals surface area contributed by atoms with Gasteiger partial charge >= 0.3 is 5.51 Å². The van der Waals surface area contributed by atoms with E-state index in [1.165, 1.54) is 0 Å². The topological polar surface area (TPSA) is 21.3 Å². The minimum absolute atomic E-state index is 0.0421. The van der Waals surface area contributed by atoms with E-state index < -0.39 is 5.51 Å². The Balaban J connectivity index is 3.28. The van der Waals surface area contributed by atoms with Crippen LogP contribution in [-0.2, 0) is 4.84 Å². The van der Waals surface area contributed by atoms with Crippen molar-refractivity contribution in [1.29, 1.82) is 0 Å². The quantitative estimate of drug-likeness (QED) is 0.577. The molecule has 0 saturated carbocycles. The van der Waals surface area contributed by atoms with Gasteiger partial charge in [0, 0.05) is 12.3 Å². The van der Waals surface area contributed by atoms with Crippen LogP contribution in [0.15, 0.2) is 0 Å². The van der Waals surface area contributed by atoms with Gasteiger partial charge in [0.05, 0.1) is 5.60 Å². The number of alkyl halides is 3. The fraction of sp³-hybridized carbons (Fsp3) is 1.00. The molecule has 1 N–H and O–H groups in total. The van der Waals surface area contributed by atoms with Crippen LogP contribution in [0.4, 0.5) is 13.2 Å². The zero-order chi connectivity index (χ0) is 10.5. The molecule has 80 valence electrons. The maximum atomic E-state index is 11.6. The van der Waals surface area contributed by atoms with Crippen LogP contribution < -0.4 is 5.48 Å². The SMILES string of the molecule is CC(C)(C)ONCCSC(F)(F)F. The molecule has 0 saturated heterocycles. The highest BCUT2D eigenvalue weighted by molar-refractivity contribution is 8.00. The van der Waals surface area contributed by atoms with E-state index in [-0.39, 0.29) is 29.7 Å². The fourth-order valence-electron chi connectivity index (χ4n) is 0.476. The van der Waals surface area contributed by atoms with Gasteiger partial charge in [-0.25, -0.2) is 5.48 Å². The van der Waals surface area contributed by atoms with Crippen LogP contribution in [0.2, 0.25) is 0 Å². The summed E-state index contributed by atoms with van der Waals surface area (Å²) in [6.07, 6.45) is 0. The van der Waals surface area contributed by atoms with Crippen molar-refractivity contribution in [3.63, 3.8) is 0 Å². The number of rotatable bonds is 4. The largest absolute Gasteiger partial charge is 0.441 e. The first-order valence-corrected chi connectivity index (χ1v) is 4.81. The van der Waals surface area contributed by atoms with E-state index >= 15 is 0 Å². The molecule has 0 unspecified atom stereocenters. The monoisotopic (exact) mass is 217 g/mol. The molecule has 0 rings (SSSR count). The number of hydrogen-bond acceptors (Lipinski definition) is 3. The van der Waals surface area contributed by atoms with Crippen molar-refractivity contribution in [2.45, 2.75) is 31.9 Å². The lowest BCUT2D eigenvalue weighted by molar-refractivity contribution is -0.0701. The highest BCUT2D eigenvalue weighted by Crippen LogP contribution is 2.29. The van der Waals surface area contributed by atoms with Gasteiger partial charge in [0.1, 0.15) is 0 Å². The van der Waals surface area contributed by atoms with Crippen LogP contribution >= 0.6 is 11.8 Å². The number of nitrogens with one attached hydrogen (secondary N) is 1. The van der Waals surface area contributed by atoms with Crippen LogP contribution in [0.5, 0.6) is 0 Å². The average molecular weight is 217 g/mol. The third-order valence-corrected chi connectivity index (χ3v) is 1.58. The smallest absolute Gasteiger partial charge is 0.296 e. The second-order valence-corrected chi connectivity index (χ2v) is 4.56. The number of hydrogen-bond donors (Lipinski definition) is 1. The Hall–Kier alpha value is 0.0600. The molecule has 0 fully saturated rings. The standard InChI is InChI=1S/C7H14F3NOS/c1-6(2,3)12-11-4-5-13-7(8,9)10/h11H,4-5H2,1-3H3. The molecule has 0 aromatic carbocycles. The second-order valence-electron chi connectivity index (χ2n) is 3.40. The Kier molecular flexibility index (Phi) is 5.09. The molecule has 0 bridgehead atoms. The summed E-state index contributed by atoms with van der Waals surface area (Å²) in [6.45, 7) is 5.63. The Morgan fingerprint density at radius 2 is 1.77 bits per heavy atom.